The van der Waals surface area contributed by atoms with Crippen molar-refractivity contribution in [3.05, 3.63) is 58.1 Å². The van der Waals surface area contributed by atoms with E-state index in [1.54, 1.807) is 34.9 Å². The van der Waals surface area contributed by atoms with E-state index in [1.165, 1.54) is 6.07 Å². The first-order valence-corrected chi connectivity index (χ1v) is 7.08. The molecule has 0 fully saturated rings. The number of nitrogens with zero attached hydrogens (tertiary/aromatic N) is 2. The number of alkyl halides is 1. The molecule has 0 aliphatic carbocycles. The molecule has 0 unspecified atom stereocenters. The van der Waals surface area contributed by atoms with E-state index >= 15 is 0 Å². The summed E-state index contributed by atoms with van der Waals surface area (Å²) in [5.74, 6) is 0.326. The first-order valence-electron chi connectivity index (χ1n) is 5.79. The molecule has 1 heterocycles. The SMILES string of the molecule is Fc1ccccc1-n1c(CCl)nc2cc(Cl)c(Cl)cc21. The van der Waals surface area contributed by atoms with Gasteiger partial charge >= 0.3 is 0 Å². The molecule has 1 aromatic heterocycles. The molecule has 102 valence electrons. The van der Waals surface area contributed by atoms with E-state index < -0.39 is 0 Å². The summed E-state index contributed by atoms with van der Waals surface area (Å²) in [6, 6.07) is 9.73. The number of imidazole rings is 1. The highest BCUT2D eigenvalue weighted by molar-refractivity contribution is 6.42. The van der Waals surface area contributed by atoms with Crippen LogP contribution in [0.1, 0.15) is 5.82 Å². The summed E-state index contributed by atoms with van der Waals surface area (Å²) in [6.45, 7) is 0. The summed E-state index contributed by atoms with van der Waals surface area (Å²) in [7, 11) is 0. The van der Waals surface area contributed by atoms with Crippen LogP contribution in [-0.4, -0.2) is 9.55 Å². The van der Waals surface area contributed by atoms with Crippen LogP contribution in [0.2, 0.25) is 10.0 Å². The number of halogens is 4. The van der Waals surface area contributed by atoms with E-state index in [4.69, 9.17) is 34.8 Å². The average Bonchev–Trinajstić information content (AvgIpc) is 2.77. The second-order valence-electron chi connectivity index (χ2n) is 4.20. The Balaban J connectivity index is 2.39. The van der Waals surface area contributed by atoms with Crippen LogP contribution in [0.15, 0.2) is 36.4 Å². The molecule has 0 aliphatic heterocycles. The van der Waals surface area contributed by atoms with Crippen LogP contribution in [0.25, 0.3) is 16.7 Å². The fourth-order valence-corrected chi connectivity index (χ4v) is 2.61. The Hall–Kier alpha value is -1.29. The van der Waals surface area contributed by atoms with Crippen LogP contribution >= 0.6 is 34.8 Å². The summed E-state index contributed by atoms with van der Waals surface area (Å²) in [6.07, 6.45) is 0. The van der Waals surface area contributed by atoms with Crippen LogP contribution < -0.4 is 0 Å². The van der Waals surface area contributed by atoms with Crippen molar-refractivity contribution in [2.75, 3.05) is 0 Å². The van der Waals surface area contributed by atoms with Crippen molar-refractivity contribution in [2.24, 2.45) is 0 Å². The molecule has 6 heteroatoms. The Bertz CT molecular complexity index is 798. The molecule has 20 heavy (non-hydrogen) atoms. The first-order chi connectivity index (χ1) is 9.61. The van der Waals surface area contributed by atoms with E-state index in [0.717, 1.165) is 0 Å². The summed E-state index contributed by atoms with van der Waals surface area (Å²) >= 11 is 17.9. The molecule has 2 nitrogen and oxygen atoms in total. The molecule has 0 amide bonds. The van der Waals surface area contributed by atoms with E-state index in [1.807, 2.05) is 0 Å². The number of hydrogen-bond acceptors (Lipinski definition) is 1. The summed E-state index contributed by atoms with van der Waals surface area (Å²) in [5.41, 5.74) is 1.67. The normalized spacial score (nSPS) is 11.2. The standard InChI is InChI=1S/C14H8Cl3FN2/c15-7-14-19-11-5-8(16)9(17)6-13(11)20(14)12-4-2-1-3-10(12)18/h1-6H,7H2. The number of para-hydroxylation sites is 1. The zero-order chi connectivity index (χ0) is 14.3. The monoisotopic (exact) mass is 328 g/mol. The third-order valence-electron chi connectivity index (χ3n) is 2.98. The van der Waals surface area contributed by atoms with Gasteiger partial charge in [-0.1, -0.05) is 35.3 Å². The van der Waals surface area contributed by atoms with Crippen molar-refractivity contribution in [1.29, 1.82) is 0 Å². The largest absolute Gasteiger partial charge is 0.292 e. The smallest absolute Gasteiger partial charge is 0.147 e. The van der Waals surface area contributed by atoms with Crippen LogP contribution in [0, 0.1) is 5.82 Å². The maximum absolute atomic E-state index is 14.0. The molecule has 0 atom stereocenters. The zero-order valence-electron chi connectivity index (χ0n) is 10.1. The van der Waals surface area contributed by atoms with Gasteiger partial charge in [-0.05, 0) is 24.3 Å². The lowest BCUT2D eigenvalue weighted by Crippen LogP contribution is -2.01. The quantitative estimate of drug-likeness (QED) is 0.590. The molecule has 3 aromatic rings. The van der Waals surface area contributed by atoms with Gasteiger partial charge in [-0.2, -0.15) is 0 Å². The molecular formula is C14H8Cl3FN2. The Labute approximate surface area is 129 Å². The van der Waals surface area contributed by atoms with Gasteiger partial charge in [0, 0.05) is 0 Å². The molecule has 2 aromatic carbocycles. The topological polar surface area (TPSA) is 17.8 Å². The molecule has 0 aliphatic rings. The second-order valence-corrected chi connectivity index (χ2v) is 5.29. The van der Waals surface area contributed by atoms with Crippen LogP contribution in [0.4, 0.5) is 4.39 Å². The molecule has 0 spiro atoms. The second kappa shape index (κ2) is 5.24. The Morgan fingerprint density at radius 1 is 1.10 bits per heavy atom. The van der Waals surface area contributed by atoms with Crippen molar-refractivity contribution >= 4 is 45.8 Å². The minimum atomic E-state index is -0.357. The maximum atomic E-state index is 14.0. The number of hydrogen-bond donors (Lipinski definition) is 0. The number of aromatic nitrogens is 2. The Kier molecular flexibility index (Phi) is 3.59. The minimum Gasteiger partial charge on any atom is -0.292 e. The number of fused-ring (bicyclic) bond motifs is 1. The van der Waals surface area contributed by atoms with Crippen LogP contribution in [0.5, 0.6) is 0 Å². The highest BCUT2D eigenvalue weighted by Crippen LogP contribution is 2.31. The van der Waals surface area contributed by atoms with Crippen molar-refractivity contribution in [3.63, 3.8) is 0 Å². The molecular weight excluding hydrogens is 322 g/mol. The summed E-state index contributed by atoms with van der Waals surface area (Å²) in [4.78, 5) is 4.37. The van der Waals surface area contributed by atoms with Crippen molar-refractivity contribution in [1.82, 2.24) is 9.55 Å². The van der Waals surface area contributed by atoms with Gasteiger partial charge in [0.2, 0.25) is 0 Å². The van der Waals surface area contributed by atoms with Gasteiger partial charge < -0.3 is 0 Å². The molecule has 3 rings (SSSR count). The molecule has 0 saturated heterocycles. The van der Waals surface area contributed by atoms with Gasteiger partial charge in [0.25, 0.3) is 0 Å². The van der Waals surface area contributed by atoms with Crippen molar-refractivity contribution in [3.8, 4) is 5.69 Å². The maximum Gasteiger partial charge on any atom is 0.147 e. The van der Waals surface area contributed by atoms with Crippen molar-refractivity contribution < 1.29 is 4.39 Å². The van der Waals surface area contributed by atoms with E-state index in [2.05, 4.69) is 4.98 Å². The predicted octanol–water partition coefficient (Wildman–Crippen LogP) is 5.21. The Morgan fingerprint density at radius 3 is 2.50 bits per heavy atom. The van der Waals surface area contributed by atoms with Gasteiger partial charge in [0.15, 0.2) is 0 Å². The highest BCUT2D eigenvalue weighted by atomic mass is 35.5. The third-order valence-corrected chi connectivity index (χ3v) is 3.94. The van der Waals surface area contributed by atoms with E-state index in [-0.39, 0.29) is 11.7 Å². The fraction of sp³-hybridized carbons (Fsp3) is 0.0714. The lowest BCUT2D eigenvalue weighted by molar-refractivity contribution is 0.618. The zero-order valence-corrected chi connectivity index (χ0v) is 12.3. The third kappa shape index (κ3) is 2.16. The van der Waals surface area contributed by atoms with Gasteiger partial charge in [0.1, 0.15) is 11.6 Å². The lowest BCUT2D eigenvalue weighted by atomic mass is 10.2. The van der Waals surface area contributed by atoms with Crippen LogP contribution in [0.3, 0.4) is 0 Å². The number of rotatable bonds is 2. The van der Waals surface area contributed by atoms with Gasteiger partial charge in [-0.25, -0.2) is 9.37 Å². The summed E-state index contributed by atoms with van der Waals surface area (Å²) < 4.78 is 15.7. The molecule has 0 radical (unpaired) electrons. The number of benzene rings is 2. The molecule has 0 N–H and O–H groups in total. The molecule has 0 saturated carbocycles. The van der Waals surface area contributed by atoms with Gasteiger partial charge in [0.05, 0.1) is 32.6 Å². The van der Waals surface area contributed by atoms with E-state index in [9.17, 15) is 4.39 Å². The van der Waals surface area contributed by atoms with Gasteiger partial charge in [-0.15, -0.1) is 11.6 Å². The van der Waals surface area contributed by atoms with E-state index in [0.29, 0.717) is 32.6 Å². The Morgan fingerprint density at radius 2 is 1.80 bits per heavy atom. The summed E-state index contributed by atoms with van der Waals surface area (Å²) in [5, 5.41) is 0.788. The van der Waals surface area contributed by atoms with Gasteiger partial charge in [-0.3, -0.25) is 4.57 Å². The first kappa shape index (κ1) is 13.7. The average molecular weight is 330 g/mol. The lowest BCUT2D eigenvalue weighted by Gasteiger charge is -2.09. The van der Waals surface area contributed by atoms with Crippen LogP contribution in [-0.2, 0) is 5.88 Å². The molecule has 0 bridgehead atoms. The predicted molar refractivity (Wildman–Crippen MR) is 80.6 cm³/mol. The highest BCUT2D eigenvalue weighted by Gasteiger charge is 2.16. The fourth-order valence-electron chi connectivity index (χ4n) is 2.11. The minimum absolute atomic E-state index is 0.151. The van der Waals surface area contributed by atoms with Crippen molar-refractivity contribution in [2.45, 2.75) is 5.88 Å².